The topological polar surface area (TPSA) is 260 Å². The highest BCUT2D eigenvalue weighted by Crippen LogP contribution is 2.07. The van der Waals surface area contributed by atoms with Gasteiger partial charge in [-0.2, -0.15) is 0 Å². The largest absolute Gasteiger partial charge is 0.357 e. The molecule has 4 aromatic rings. The van der Waals surface area contributed by atoms with Gasteiger partial charge in [-0.15, -0.1) is 0 Å². The number of nitrogens with one attached hydrogen (secondary N) is 9. The number of aromatic amines is 4. The number of aromatic nitrogens is 8. The number of hydrogen-bond acceptors (Lipinski definition) is 9. The molecule has 0 aromatic carbocycles. The Labute approximate surface area is 256 Å². The standard InChI is InChI=1S/C27H35N13O5/c1-15(41)37-21(4-17-8-30-12-34-17)25(43)39-23(6-19-10-32-14-36-19)27(45)40-22(5-18-9-31-13-35-18)26(44)38-20(24(42)28-2)3-16-7-29-11-33-16/h7-14,20-23H,3-6H2,1-2H3,(H,28,42)(H,29,33)(H,30,34)(H,31,35)(H,32,36)(H,37,41)(H,38,44)(H,39,43)(H,40,45)/t20-,21-,22-,23-/m0/s1. The molecule has 4 rings (SSSR count). The Morgan fingerprint density at radius 1 is 0.533 bits per heavy atom. The maximum atomic E-state index is 13.8. The predicted molar refractivity (Wildman–Crippen MR) is 157 cm³/mol. The van der Waals surface area contributed by atoms with Gasteiger partial charge in [0.1, 0.15) is 24.2 Å². The van der Waals surface area contributed by atoms with E-state index in [2.05, 4.69) is 66.5 Å². The number of carbonyl (C=O) groups is 5. The van der Waals surface area contributed by atoms with Gasteiger partial charge >= 0.3 is 0 Å². The van der Waals surface area contributed by atoms with Crippen LogP contribution in [0.4, 0.5) is 0 Å². The van der Waals surface area contributed by atoms with E-state index in [0.29, 0.717) is 22.8 Å². The van der Waals surface area contributed by atoms with E-state index in [0.717, 1.165) is 0 Å². The summed E-state index contributed by atoms with van der Waals surface area (Å²) in [5, 5.41) is 13.2. The van der Waals surface area contributed by atoms with Crippen LogP contribution in [0.15, 0.2) is 50.1 Å². The first-order valence-corrected chi connectivity index (χ1v) is 14.0. The second-order valence-corrected chi connectivity index (χ2v) is 10.2. The van der Waals surface area contributed by atoms with Crippen molar-refractivity contribution in [2.24, 2.45) is 0 Å². The highest BCUT2D eigenvalue weighted by molar-refractivity contribution is 5.95. The molecule has 0 radical (unpaired) electrons. The highest BCUT2D eigenvalue weighted by atomic mass is 16.2. The summed E-state index contributed by atoms with van der Waals surface area (Å²) in [5.74, 6) is -2.86. The zero-order chi connectivity index (χ0) is 32.2. The summed E-state index contributed by atoms with van der Waals surface area (Å²) in [6, 6.07) is -4.37. The number of carbonyl (C=O) groups excluding carboxylic acids is 5. The Kier molecular flexibility index (Phi) is 11.1. The lowest BCUT2D eigenvalue weighted by Crippen LogP contribution is -2.59. The van der Waals surface area contributed by atoms with Crippen LogP contribution in [0, 0.1) is 0 Å². The van der Waals surface area contributed by atoms with Crippen molar-refractivity contribution >= 4 is 29.5 Å². The van der Waals surface area contributed by atoms with Crippen molar-refractivity contribution in [1.82, 2.24) is 66.5 Å². The third kappa shape index (κ3) is 9.60. The Morgan fingerprint density at radius 2 is 0.822 bits per heavy atom. The summed E-state index contributed by atoms with van der Waals surface area (Å²) in [5.41, 5.74) is 2.29. The average Bonchev–Trinajstić information content (AvgIpc) is 3.84. The van der Waals surface area contributed by atoms with E-state index in [1.54, 1.807) is 0 Å². The number of amides is 5. The zero-order valence-electron chi connectivity index (χ0n) is 24.6. The van der Waals surface area contributed by atoms with Crippen LogP contribution in [0.5, 0.6) is 0 Å². The third-order valence-electron chi connectivity index (χ3n) is 6.75. The van der Waals surface area contributed by atoms with E-state index in [-0.39, 0.29) is 25.7 Å². The van der Waals surface area contributed by atoms with Crippen LogP contribution >= 0.6 is 0 Å². The summed E-state index contributed by atoms with van der Waals surface area (Å²) in [4.78, 5) is 92.8. The van der Waals surface area contributed by atoms with Gasteiger partial charge in [0.25, 0.3) is 0 Å². The lowest BCUT2D eigenvalue weighted by atomic mass is 10.1. The molecule has 238 valence electrons. The minimum absolute atomic E-state index is 0.00115. The number of imidazole rings is 4. The molecule has 9 N–H and O–H groups in total. The second kappa shape index (κ2) is 15.6. The molecular formula is C27H35N13O5. The fraction of sp³-hybridized carbons (Fsp3) is 0.370. The minimum atomic E-state index is -1.19. The molecule has 0 aliphatic heterocycles. The lowest BCUT2D eigenvalue weighted by molar-refractivity contribution is -0.134. The number of likely N-dealkylation sites (N-methyl/N-ethyl adjacent to an activating group) is 1. The summed E-state index contributed by atoms with van der Waals surface area (Å²) >= 11 is 0. The molecule has 18 heteroatoms. The van der Waals surface area contributed by atoms with Crippen LogP contribution in [0.3, 0.4) is 0 Å². The molecule has 0 saturated heterocycles. The van der Waals surface area contributed by atoms with Crippen LogP contribution in [0.1, 0.15) is 29.7 Å². The lowest BCUT2D eigenvalue weighted by Gasteiger charge is -2.26. The Bertz CT molecular complexity index is 1520. The molecule has 0 fully saturated rings. The quantitative estimate of drug-likeness (QED) is 0.0642. The van der Waals surface area contributed by atoms with Gasteiger partial charge < -0.3 is 46.5 Å². The fourth-order valence-electron chi connectivity index (χ4n) is 4.54. The summed E-state index contributed by atoms with van der Waals surface area (Å²) < 4.78 is 0. The van der Waals surface area contributed by atoms with Gasteiger partial charge in [-0.1, -0.05) is 0 Å². The molecule has 0 unspecified atom stereocenters. The first-order chi connectivity index (χ1) is 21.7. The van der Waals surface area contributed by atoms with Crippen molar-refractivity contribution in [2.75, 3.05) is 7.05 Å². The second-order valence-electron chi connectivity index (χ2n) is 10.2. The maximum Gasteiger partial charge on any atom is 0.243 e. The number of nitrogens with zero attached hydrogens (tertiary/aromatic N) is 4. The minimum Gasteiger partial charge on any atom is -0.357 e. The molecule has 4 aromatic heterocycles. The number of H-pyrrole nitrogens is 4. The smallest absolute Gasteiger partial charge is 0.243 e. The molecular weight excluding hydrogens is 586 g/mol. The van der Waals surface area contributed by atoms with E-state index in [9.17, 15) is 24.0 Å². The molecule has 4 atom stereocenters. The summed E-state index contributed by atoms with van der Waals surface area (Å²) in [6.07, 6.45) is 12.0. The van der Waals surface area contributed by atoms with Crippen LogP contribution in [0.2, 0.25) is 0 Å². The first-order valence-electron chi connectivity index (χ1n) is 14.0. The summed E-state index contributed by atoms with van der Waals surface area (Å²) in [7, 11) is 1.45. The monoisotopic (exact) mass is 621 g/mol. The van der Waals surface area contributed by atoms with Crippen LogP contribution < -0.4 is 26.6 Å². The van der Waals surface area contributed by atoms with Crippen molar-refractivity contribution in [3.8, 4) is 0 Å². The Balaban J connectivity index is 1.54. The van der Waals surface area contributed by atoms with E-state index in [1.165, 1.54) is 64.1 Å². The van der Waals surface area contributed by atoms with Gasteiger partial charge in [0.2, 0.25) is 29.5 Å². The molecule has 0 aliphatic rings. The van der Waals surface area contributed by atoms with Crippen molar-refractivity contribution in [3.05, 3.63) is 72.9 Å². The van der Waals surface area contributed by atoms with Crippen LogP contribution in [-0.4, -0.2) is 101 Å². The molecule has 0 saturated carbocycles. The SMILES string of the molecule is CNC(=O)[C@H](Cc1cnc[nH]1)NC(=O)[C@H](Cc1cnc[nH]1)NC(=O)[C@H](Cc1cnc[nH]1)NC(=O)[C@H](Cc1cnc[nH]1)NC(C)=O. The molecule has 18 nitrogen and oxygen atoms in total. The molecule has 0 aliphatic carbocycles. The molecule has 0 spiro atoms. The van der Waals surface area contributed by atoms with Crippen molar-refractivity contribution in [3.63, 3.8) is 0 Å². The van der Waals surface area contributed by atoms with E-state index in [1.807, 2.05) is 0 Å². The van der Waals surface area contributed by atoms with Gasteiger partial charge in [0.05, 0.1) is 25.3 Å². The predicted octanol–water partition coefficient (Wildman–Crippen LogP) is -2.45. The van der Waals surface area contributed by atoms with Crippen molar-refractivity contribution in [2.45, 2.75) is 56.8 Å². The number of hydrogen-bond donors (Lipinski definition) is 9. The van der Waals surface area contributed by atoms with E-state index in [4.69, 9.17) is 0 Å². The maximum absolute atomic E-state index is 13.8. The van der Waals surface area contributed by atoms with Gasteiger partial charge in [0, 0.05) is 87.2 Å². The highest BCUT2D eigenvalue weighted by Gasteiger charge is 2.32. The first kappa shape index (κ1) is 32.1. The zero-order valence-corrected chi connectivity index (χ0v) is 24.6. The van der Waals surface area contributed by atoms with E-state index >= 15 is 0 Å². The number of rotatable bonds is 16. The van der Waals surface area contributed by atoms with Crippen molar-refractivity contribution < 1.29 is 24.0 Å². The fourth-order valence-corrected chi connectivity index (χ4v) is 4.54. The van der Waals surface area contributed by atoms with Crippen LogP contribution in [-0.2, 0) is 49.7 Å². The van der Waals surface area contributed by atoms with E-state index < -0.39 is 53.7 Å². The molecule has 45 heavy (non-hydrogen) atoms. The molecule has 5 amide bonds. The van der Waals surface area contributed by atoms with Gasteiger partial charge in [-0.05, 0) is 0 Å². The van der Waals surface area contributed by atoms with Crippen molar-refractivity contribution in [1.29, 1.82) is 0 Å². The Morgan fingerprint density at radius 3 is 1.07 bits per heavy atom. The third-order valence-corrected chi connectivity index (χ3v) is 6.75. The summed E-state index contributed by atoms with van der Waals surface area (Å²) in [6.45, 7) is 1.28. The van der Waals surface area contributed by atoms with Gasteiger partial charge in [-0.25, -0.2) is 19.9 Å². The molecule has 4 heterocycles. The average molecular weight is 622 g/mol. The van der Waals surface area contributed by atoms with Gasteiger partial charge in [-0.3, -0.25) is 24.0 Å². The Hall–Kier alpha value is -5.81. The van der Waals surface area contributed by atoms with Crippen LogP contribution in [0.25, 0.3) is 0 Å². The molecule has 0 bridgehead atoms. The van der Waals surface area contributed by atoms with Gasteiger partial charge in [0.15, 0.2) is 0 Å². The normalized spacial score (nSPS) is 13.6.